The fourth-order valence-corrected chi connectivity index (χ4v) is 7.94. The highest BCUT2D eigenvalue weighted by Gasteiger charge is 2.43. The largest absolute Gasteiger partial charge is 0.311 e. The van der Waals surface area contributed by atoms with Gasteiger partial charge in [-0.15, -0.1) is 0 Å². The summed E-state index contributed by atoms with van der Waals surface area (Å²) in [5.41, 5.74) is 17.5. The lowest BCUT2D eigenvalue weighted by molar-refractivity contribution is 0.590. The Kier molecular flexibility index (Phi) is 7.02. The first-order chi connectivity index (χ1) is 24.6. The third-order valence-corrected chi connectivity index (χ3v) is 10.6. The molecule has 2 aromatic heterocycles. The van der Waals surface area contributed by atoms with Crippen LogP contribution in [0.5, 0.6) is 0 Å². The van der Waals surface area contributed by atoms with Crippen LogP contribution in [0.2, 0.25) is 0 Å². The highest BCUT2D eigenvalue weighted by atomic mass is 15.2. The van der Waals surface area contributed by atoms with E-state index in [-0.39, 0.29) is 17.5 Å². The van der Waals surface area contributed by atoms with Crippen molar-refractivity contribution in [3.05, 3.63) is 151 Å². The molecule has 2 aliphatic heterocycles. The van der Waals surface area contributed by atoms with Gasteiger partial charge in [0.1, 0.15) is 0 Å². The smallest absolute Gasteiger partial charge is 0.252 e. The van der Waals surface area contributed by atoms with Gasteiger partial charge in [0.2, 0.25) is 0 Å². The normalized spacial score (nSPS) is 13.6. The van der Waals surface area contributed by atoms with Crippen LogP contribution in [0.15, 0.2) is 140 Å². The first kappa shape index (κ1) is 31.3. The van der Waals surface area contributed by atoms with Gasteiger partial charge in [0.15, 0.2) is 0 Å². The van der Waals surface area contributed by atoms with Crippen molar-refractivity contribution in [1.82, 2.24) is 9.97 Å². The summed E-state index contributed by atoms with van der Waals surface area (Å²) in [5.74, 6) is 0. The molecule has 7 aromatic rings. The van der Waals surface area contributed by atoms with Crippen molar-refractivity contribution in [1.29, 1.82) is 0 Å². The van der Waals surface area contributed by atoms with E-state index in [1.165, 1.54) is 50.3 Å². The monoisotopic (exact) mass is 660 g/mol. The van der Waals surface area contributed by atoms with E-state index in [1.807, 2.05) is 18.3 Å². The molecule has 0 saturated carbocycles. The highest BCUT2D eigenvalue weighted by Crippen LogP contribution is 2.46. The molecule has 0 atom stereocenters. The van der Waals surface area contributed by atoms with Gasteiger partial charge in [-0.05, 0) is 111 Å². The predicted molar refractivity (Wildman–Crippen MR) is 216 cm³/mol. The van der Waals surface area contributed by atoms with Crippen molar-refractivity contribution in [2.45, 2.75) is 52.4 Å². The Morgan fingerprint density at radius 3 is 1.51 bits per heavy atom. The zero-order valence-electron chi connectivity index (χ0n) is 30.1. The van der Waals surface area contributed by atoms with Crippen LogP contribution >= 0.6 is 0 Å². The van der Waals surface area contributed by atoms with Gasteiger partial charge in [-0.25, -0.2) is 4.98 Å². The SMILES string of the molecule is CC(C)(C)c1ccc(N2c3ccccc3B3c4ccccc4N(c4ccc(C(C)(C)C)cc4)c4cc(-c5ccc6ncccc6n5)cc2c43)cc1. The third kappa shape index (κ3) is 5.14. The van der Waals surface area contributed by atoms with Crippen molar-refractivity contribution >= 4 is 68.3 Å². The van der Waals surface area contributed by atoms with Crippen molar-refractivity contribution in [2.24, 2.45) is 0 Å². The Morgan fingerprint density at radius 1 is 0.490 bits per heavy atom. The summed E-state index contributed by atoms with van der Waals surface area (Å²) < 4.78 is 0. The number of hydrogen-bond acceptors (Lipinski definition) is 4. The molecule has 0 saturated heterocycles. The molecular weight excluding hydrogens is 619 g/mol. The van der Waals surface area contributed by atoms with E-state index in [1.54, 1.807) is 0 Å². The van der Waals surface area contributed by atoms with Crippen LogP contribution < -0.4 is 26.2 Å². The first-order valence-electron chi connectivity index (χ1n) is 18.0. The second kappa shape index (κ2) is 11.4. The minimum Gasteiger partial charge on any atom is -0.311 e. The maximum Gasteiger partial charge on any atom is 0.252 e. The van der Waals surface area contributed by atoms with Crippen molar-refractivity contribution in [2.75, 3.05) is 9.80 Å². The lowest BCUT2D eigenvalue weighted by atomic mass is 9.33. The van der Waals surface area contributed by atoms with Gasteiger partial charge in [0, 0.05) is 45.9 Å². The van der Waals surface area contributed by atoms with Crippen molar-refractivity contribution in [3.8, 4) is 11.3 Å². The Bertz CT molecular complexity index is 2320. The van der Waals surface area contributed by atoms with Crippen LogP contribution in [0.25, 0.3) is 22.3 Å². The lowest BCUT2D eigenvalue weighted by Gasteiger charge is -2.44. The Balaban J connectivity index is 1.35. The molecule has 2 aliphatic rings. The van der Waals surface area contributed by atoms with E-state index in [2.05, 4.69) is 178 Å². The highest BCUT2D eigenvalue weighted by molar-refractivity contribution is 7.00. The van der Waals surface area contributed by atoms with Crippen LogP contribution in [0.3, 0.4) is 0 Å². The molecule has 5 aromatic carbocycles. The second-order valence-corrected chi connectivity index (χ2v) is 16.0. The number of anilines is 6. The average molecular weight is 661 g/mol. The minimum absolute atomic E-state index is 0.0614. The van der Waals surface area contributed by atoms with Gasteiger partial charge in [0.05, 0.1) is 16.7 Å². The average Bonchev–Trinajstić information content (AvgIpc) is 3.14. The predicted octanol–water partition coefficient (Wildman–Crippen LogP) is 9.97. The fraction of sp³-hybridized carbons (Fsp3) is 0.174. The minimum atomic E-state index is 0.0614. The van der Waals surface area contributed by atoms with Crippen LogP contribution in [0, 0.1) is 0 Å². The summed E-state index contributed by atoms with van der Waals surface area (Å²) >= 11 is 0. The van der Waals surface area contributed by atoms with E-state index >= 15 is 0 Å². The molecule has 51 heavy (non-hydrogen) atoms. The van der Waals surface area contributed by atoms with Gasteiger partial charge >= 0.3 is 0 Å². The van der Waals surface area contributed by atoms with E-state index in [9.17, 15) is 0 Å². The van der Waals surface area contributed by atoms with Gasteiger partial charge in [-0.3, -0.25) is 4.98 Å². The van der Waals surface area contributed by atoms with Gasteiger partial charge in [-0.1, -0.05) is 102 Å². The van der Waals surface area contributed by atoms with Crippen molar-refractivity contribution < 1.29 is 0 Å². The number of hydrogen-bond donors (Lipinski definition) is 0. The number of rotatable bonds is 3. The Hall–Kier alpha value is -5.68. The maximum atomic E-state index is 5.17. The van der Waals surface area contributed by atoms with E-state index < -0.39 is 0 Å². The Morgan fingerprint density at radius 2 is 1.00 bits per heavy atom. The number of pyridine rings is 2. The molecule has 0 N–H and O–H groups in total. The van der Waals surface area contributed by atoms with Gasteiger partial charge in [-0.2, -0.15) is 0 Å². The standard InChI is InChI=1S/C46H41BN4/c1-45(2,3)31-17-21-33(22-18-31)50-40-15-9-7-12-35(40)47-36-13-8-10-16-41(36)51(34-23-19-32(20-24-34)46(4,5)6)43-29-30(28-42(50)44(43)47)37-25-26-38-39(49-37)14-11-27-48-38/h7-29H,1-6H3. The molecule has 0 amide bonds. The summed E-state index contributed by atoms with van der Waals surface area (Å²) in [4.78, 5) is 14.7. The molecule has 9 rings (SSSR count). The number of fused-ring (bicyclic) bond motifs is 5. The molecule has 4 nitrogen and oxygen atoms in total. The number of nitrogens with zero attached hydrogens (tertiary/aromatic N) is 4. The van der Waals surface area contributed by atoms with E-state index in [4.69, 9.17) is 4.98 Å². The van der Waals surface area contributed by atoms with Gasteiger partial charge < -0.3 is 9.80 Å². The van der Waals surface area contributed by atoms with Crippen LogP contribution in [-0.2, 0) is 10.8 Å². The molecule has 0 fully saturated rings. The zero-order valence-corrected chi connectivity index (χ0v) is 30.1. The lowest BCUT2D eigenvalue weighted by Crippen LogP contribution is -2.61. The summed E-state index contributed by atoms with van der Waals surface area (Å²) in [7, 11) is 0. The summed E-state index contributed by atoms with van der Waals surface area (Å²) in [6, 6.07) is 49.1. The zero-order chi connectivity index (χ0) is 35.1. The second-order valence-electron chi connectivity index (χ2n) is 16.0. The molecule has 248 valence electrons. The molecule has 0 spiro atoms. The van der Waals surface area contributed by atoms with Gasteiger partial charge in [0.25, 0.3) is 6.71 Å². The van der Waals surface area contributed by atoms with Crippen LogP contribution in [-0.4, -0.2) is 16.7 Å². The molecular formula is C46H41BN4. The number of benzene rings is 5. The van der Waals surface area contributed by atoms with E-state index in [0.717, 1.165) is 33.7 Å². The molecule has 0 aliphatic carbocycles. The first-order valence-corrected chi connectivity index (χ1v) is 18.0. The molecule has 0 unspecified atom stereocenters. The molecule has 5 heteroatoms. The maximum absolute atomic E-state index is 5.17. The van der Waals surface area contributed by atoms with Crippen LogP contribution in [0.4, 0.5) is 34.1 Å². The Labute approximate surface area is 301 Å². The summed E-state index contributed by atoms with van der Waals surface area (Å²) in [5, 5.41) is 0. The fourth-order valence-electron chi connectivity index (χ4n) is 7.94. The molecule has 4 heterocycles. The van der Waals surface area contributed by atoms with Crippen molar-refractivity contribution in [3.63, 3.8) is 0 Å². The number of para-hydroxylation sites is 2. The quantitative estimate of drug-likeness (QED) is 0.177. The van der Waals surface area contributed by atoms with E-state index in [0.29, 0.717) is 0 Å². The number of aromatic nitrogens is 2. The molecule has 0 bridgehead atoms. The summed E-state index contributed by atoms with van der Waals surface area (Å²) in [6.07, 6.45) is 1.83. The molecule has 0 radical (unpaired) electrons. The summed E-state index contributed by atoms with van der Waals surface area (Å²) in [6.45, 7) is 13.7. The third-order valence-electron chi connectivity index (χ3n) is 10.6. The topological polar surface area (TPSA) is 32.3 Å². The van der Waals surface area contributed by atoms with Crippen LogP contribution in [0.1, 0.15) is 52.7 Å².